The summed E-state index contributed by atoms with van der Waals surface area (Å²) >= 11 is 0. The Morgan fingerprint density at radius 2 is 2.00 bits per heavy atom. The number of carboxylic acids is 1. The molecule has 1 fully saturated rings. The molecule has 3 nitrogen and oxygen atoms in total. The van der Waals surface area contributed by atoms with Crippen LogP contribution in [-0.2, 0) is 4.79 Å². The number of carboxylic acid groups (broad SMARTS) is 1. The molecule has 0 saturated heterocycles. The zero-order chi connectivity index (χ0) is 13.1. The summed E-state index contributed by atoms with van der Waals surface area (Å²) in [5, 5.41) is 9.54. The number of para-hydroxylation sites is 1. The van der Waals surface area contributed by atoms with Crippen molar-refractivity contribution in [2.45, 2.75) is 44.9 Å². The summed E-state index contributed by atoms with van der Waals surface area (Å²) in [6.07, 6.45) is 5.52. The van der Waals surface area contributed by atoms with Gasteiger partial charge in [-0.3, -0.25) is 4.79 Å². The Labute approximate surface area is 108 Å². The predicted octanol–water partition coefficient (Wildman–Crippen LogP) is 3.33. The molecule has 98 valence electrons. The van der Waals surface area contributed by atoms with E-state index in [1.165, 1.54) is 6.42 Å². The van der Waals surface area contributed by atoms with Crippen molar-refractivity contribution in [2.75, 3.05) is 5.73 Å². The van der Waals surface area contributed by atoms with Crippen LogP contribution in [-0.4, -0.2) is 11.1 Å². The Hall–Kier alpha value is -1.51. The van der Waals surface area contributed by atoms with Crippen LogP contribution in [0.5, 0.6) is 0 Å². The first-order valence-corrected chi connectivity index (χ1v) is 6.69. The Kier molecular flexibility index (Phi) is 3.90. The average molecular weight is 247 g/mol. The van der Waals surface area contributed by atoms with Gasteiger partial charge in [0.05, 0.1) is 5.92 Å². The molecule has 1 unspecified atom stereocenters. The lowest BCUT2D eigenvalue weighted by Gasteiger charge is -2.28. The molecule has 3 heteroatoms. The van der Waals surface area contributed by atoms with E-state index in [2.05, 4.69) is 0 Å². The molecular formula is C15H21NO2. The first kappa shape index (κ1) is 12.9. The summed E-state index contributed by atoms with van der Waals surface area (Å²) in [5.74, 6) is -0.940. The van der Waals surface area contributed by atoms with E-state index in [0.717, 1.165) is 36.8 Å². The van der Waals surface area contributed by atoms with Gasteiger partial charge in [-0.1, -0.05) is 37.5 Å². The molecule has 0 heterocycles. The lowest BCUT2D eigenvalue weighted by atomic mass is 9.76. The molecular weight excluding hydrogens is 226 g/mol. The van der Waals surface area contributed by atoms with E-state index in [0.29, 0.717) is 5.69 Å². The van der Waals surface area contributed by atoms with Gasteiger partial charge < -0.3 is 10.8 Å². The number of aryl methyl sites for hydroxylation is 1. The fraction of sp³-hybridized carbons (Fsp3) is 0.533. The normalized spacial score (nSPS) is 18.5. The van der Waals surface area contributed by atoms with Crippen molar-refractivity contribution in [2.24, 2.45) is 5.92 Å². The topological polar surface area (TPSA) is 63.3 Å². The summed E-state index contributed by atoms with van der Waals surface area (Å²) in [5.41, 5.74) is 8.48. The highest BCUT2D eigenvalue weighted by Crippen LogP contribution is 2.38. The van der Waals surface area contributed by atoms with Crippen LogP contribution in [0.4, 0.5) is 5.69 Å². The molecule has 1 aliphatic rings. The molecule has 0 spiro atoms. The highest BCUT2D eigenvalue weighted by atomic mass is 16.4. The van der Waals surface area contributed by atoms with Crippen LogP contribution in [0.15, 0.2) is 18.2 Å². The maximum atomic E-state index is 11.6. The van der Waals surface area contributed by atoms with E-state index >= 15 is 0 Å². The molecule has 1 aliphatic carbocycles. The van der Waals surface area contributed by atoms with E-state index in [1.807, 2.05) is 25.1 Å². The molecule has 2 rings (SSSR count). The quantitative estimate of drug-likeness (QED) is 0.805. The van der Waals surface area contributed by atoms with Crippen LogP contribution in [0.2, 0.25) is 0 Å². The number of aliphatic carboxylic acids is 1. The van der Waals surface area contributed by atoms with E-state index in [1.54, 1.807) is 0 Å². The number of carbonyl (C=O) groups is 1. The third-order valence-corrected chi connectivity index (χ3v) is 4.08. The SMILES string of the molecule is Cc1cccc(C(C(=O)O)C2CCCCC2)c1N. The molecule has 0 aliphatic heterocycles. The van der Waals surface area contributed by atoms with Crippen LogP contribution in [0.25, 0.3) is 0 Å². The summed E-state index contributed by atoms with van der Waals surface area (Å²) in [6.45, 7) is 1.93. The zero-order valence-corrected chi connectivity index (χ0v) is 10.9. The highest BCUT2D eigenvalue weighted by Gasteiger charge is 2.32. The molecule has 0 radical (unpaired) electrons. The molecule has 0 bridgehead atoms. The van der Waals surface area contributed by atoms with Gasteiger partial charge in [-0.25, -0.2) is 0 Å². The maximum Gasteiger partial charge on any atom is 0.311 e. The minimum atomic E-state index is -0.737. The fourth-order valence-corrected chi connectivity index (χ4v) is 3.03. The minimum absolute atomic E-state index is 0.236. The molecule has 1 saturated carbocycles. The summed E-state index contributed by atoms with van der Waals surface area (Å²) in [6, 6.07) is 5.70. The minimum Gasteiger partial charge on any atom is -0.481 e. The number of rotatable bonds is 3. The van der Waals surface area contributed by atoms with Gasteiger partial charge in [-0.05, 0) is 36.8 Å². The third kappa shape index (κ3) is 2.50. The predicted molar refractivity (Wildman–Crippen MR) is 72.5 cm³/mol. The summed E-state index contributed by atoms with van der Waals surface area (Å²) in [7, 11) is 0. The van der Waals surface area contributed by atoms with Gasteiger partial charge in [0.1, 0.15) is 0 Å². The van der Waals surface area contributed by atoms with Gasteiger partial charge in [0.25, 0.3) is 0 Å². The van der Waals surface area contributed by atoms with Crippen molar-refractivity contribution in [3.05, 3.63) is 29.3 Å². The Bertz CT molecular complexity index is 436. The maximum absolute atomic E-state index is 11.6. The smallest absolute Gasteiger partial charge is 0.311 e. The van der Waals surface area contributed by atoms with Crippen LogP contribution in [0, 0.1) is 12.8 Å². The number of hydrogen-bond acceptors (Lipinski definition) is 2. The first-order valence-electron chi connectivity index (χ1n) is 6.69. The van der Waals surface area contributed by atoms with E-state index in [4.69, 9.17) is 5.73 Å². The molecule has 18 heavy (non-hydrogen) atoms. The second kappa shape index (κ2) is 5.42. The number of anilines is 1. The summed E-state index contributed by atoms with van der Waals surface area (Å²) in [4.78, 5) is 11.6. The van der Waals surface area contributed by atoms with Crippen molar-refractivity contribution < 1.29 is 9.90 Å². The number of hydrogen-bond donors (Lipinski definition) is 2. The van der Waals surface area contributed by atoms with Gasteiger partial charge >= 0.3 is 5.97 Å². The standard InChI is InChI=1S/C15H21NO2/c1-10-6-5-9-12(14(10)16)13(15(17)18)11-7-3-2-4-8-11/h5-6,9,11,13H,2-4,7-8,16H2,1H3,(H,17,18). The lowest BCUT2D eigenvalue weighted by Crippen LogP contribution is -2.24. The van der Waals surface area contributed by atoms with Crippen molar-refractivity contribution in [1.29, 1.82) is 0 Å². The van der Waals surface area contributed by atoms with Gasteiger partial charge in [0.15, 0.2) is 0 Å². The van der Waals surface area contributed by atoms with Crippen LogP contribution in [0.1, 0.15) is 49.1 Å². The monoisotopic (exact) mass is 247 g/mol. The number of nitrogens with two attached hydrogens (primary N) is 1. The lowest BCUT2D eigenvalue weighted by molar-refractivity contribution is -0.140. The van der Waals surface area contributed by atoms with Crippen molar-refractivity contribution >= 4 is 11.7 Å². The third-order valence-electron chi connectivity index (χ3n) is 4.08. The molecule has 1 aromatic rings. The van der Waals surface area contributed by atoms with E-state index < -0.39 is 11.9 Å². The zero-order valence-electron chi connectivity index (χ0n) is 10.9. The van der Waals surface area contributed by atoms with Crippen LogP contribution >= 0.6 is 0 Å². The van der Waals surface area contributed by atoms with Gasteiger partial charge in [0.2, 0.25) is 0 Å². The highest BCUT2D eigenvalue weighted by molar-refractivity contribution is 5.79. The van der Waals surface area contributed by atoms with Gasteiger partial charge in [-0.2, -0.15) is 0 Å². The molecule has 1 atom stereocenters. The Balaban J connectivity index is 2.34. The van der Waals surface area contributed by atoms with Crippen LogP contribution < -0.4 is 5.73 Å². The Morgan fingerprint density at radius 3 is 2.61 bits per heavy atom. The summed E-state index contributed by atoms with van der Waals surface area (Å²) < 4.78 is 0. The molecule has 1 aromatic carbocycles. The van der Waals surface area contributed by atoms with E-state index in [-0.39, 0.29) is 5.92 Å². The van der Waals surface area contributed by atoms with Gasteiger partial charge in [0, 0.05) is 5.69 Å². The van der Waals surface area contributed by atoms with Crippen LogP contribution in [0.3, 0.4) is 0 Å². The molecule has 3 N–H and O–H groups in total. The van der Waals surface area contributed by atoms with Crippen molar-refractivity contribution in [3.63, 3.8) is 0 Å². The average Bonchev–Trinajstić information content (AvgIpc) is 2.36. The van der Waals surface area contributed by atoms with Gasteiger partial charge in [-0.15, -0.1) is 0 Å². The van der Waals surface area contributed by atoms with Crippen molar-refractivity contribution in [1.82, 2.24) is 0 Å². The second-order valence-corrected chi connectivity index (χ2v) is 5.29. The van der Waals surface area contributed by atoms with Crippen molar-refractivity contribution in [3.8, 4) is 0 Å². The Morgan fingerprint density at radius 1 is 1.33 bits per heavy atom. The fourth-order valence-electron chi connectivity index (χ4n) is 3.03. The largest absolute Gasteiger partial charge is 0.481 e. The number of benzene rings is 1. The van der Waals surface area contributed by atoms with E-state index in [9.17, 15) is 9.90 Å². The number of nitrogen functional groups attached to an aromatic ring is 1. The first-order chi connectivity index (χ1) is 8.61. The second-order valence-electron chi connectivity index (χ2n) is 5.29. The molecule has 0 amide bonds. The molecule has 0 aromatic heterocycles.